The number of benzene rings is 2. The number of nitrogens with zero attached hydrogens (tertiary/aromatic N) is 4. The third kappa shape index (κ3) is 5.88. The molecule has 6 nitrogen and oxygen atoms in total. The Hall–Kier alpha value is -2.99. The molecule has 1 aromatic heterocycles. The van der Waals surface area contributed by atoms with E-state index in [1.807, 2.05) is 42.3 Å². The number of hydrogen-bond donors (Lipinski definition) is 0. The highest BCUT2D eigenvalue weighted by molar-refractivity contribution is 5.79. The van der Waals surface area contributed by atoms with Crippen LogP contribution in [0.4, 0.5) is 0 Å². The van der Waals surface area contributed by atoms with Gasteiger partial charge in [0.2, 0.25) is 17.6 Å². The molecule has 1 aliphatic heterocycles. The maximum atomic E-state index is 13.0. The molecular weight excluding hydrogens is 412 g/mol. The van der Waals surface area contributed by atoms with Gasteiger partial charge in [-0.3, -0.25) is 9.69 Å². The first kappa shape index (κ1) is 23.2. The third-order valence-corrected chi connectivity index (χ3v) is 6.33. The summed E-state index contributed by atoms with van der Waals surface area (Å²) in [5.74, 6) is 1.40. The fourth-order valence-electron chi connectivity index (χ4n) is 4.39. The first-order valence-corrected chi connectivity index (χ1v) is 11.7. The number of carbonyl (C=O) groups excluding carboxylic acids is 1. The normalized spacial score (nSPS) is 17.2. The van der Waals surface area contributed by atoms with Crippen LogP contribution in [0, 0.1) is 5.92 Å². The number of hydrogen-bond acceptors (Lipinski definition) is 5. The molecule has 1 unspecified atom stereocenters. The van der Waals surface area contributed by atoms with Gasteiger partial charge in [-0.05, 0) is 35.9 Å². The van der Waals surface area contributed by atoms with Gasteiger partial charge in [-0.15, -0.1) is 0 Å². The molecule has 0 radical (unpaired) electrons. The Labute approximate surface area is 196 Å². The number of carbonyl (C=O) groups is 1. The molecule has 0 aliphatic carbocycles. The van der Waals surface area contributed by atoms with Crippen LogP contribution in [-0.2, 0) is 23.3 Å². The smallest absolute Gasteiger partial charge is 0.241 e. The highest BCUT2D eigenvalue weighted by Gasteiger charge is 2.29. The molecular formula is C27H34N4O2. The summed E-state index contributed by atoms with van der Waals surface area (Å²) in [6, 6.07) is 18.5. The minimum atomic E-state index is -0.000188. The number of aromatic nitrogens is 2. The van der Waals surface area contributed by atoms with Gasteiger partial charge in [-0.2, -0.15) is 4.98 Å². The molecule has 0 N–H and O–H groups in total. The molecule has 2 heterocycles. The summed E-state index contributed by atoms with van der Waals surface area (Å²) in [4.78, 5) is 21.7. The quantitative estimate of drug-likeness (QED) is 0.539. The molecule has 0 spiro atoms. The molecule has 1 aliphatic rings. The van der Waals surface area contributed by atoms with Crippen molar-refractivity contribution in [2.75, 3.05) is 20.1 Å². The van der Waals surface area contributed by atoms with Crippen LogP contribution in [-0.4, -0.2) is 46.0 Å². The standard InChI is InChI=1S/C27H34N4O2/c1-27(2,3)23-14-12-21(13-15-23)25-28-24(33-29-25)19-31-16-8-11-22(18-31)26(32)30(4)17-20-9-6-5-7-10-20/h5-7,9-10,12-15,22H,8,11,16-19H2,1-4H3. The van der Waals surface area contributed by atoms with Crippen molar-refractivity contribution in [3.8, 4) is 11.4 Å². The Kier molecular flexibility index (Phi) is 6.94. The van der Waals surface area contributed by atoms with Gasteiger partial charge in [0, 0.05) is 25.7 Å². The Bertz CT molecular complexity index is 1050. The zero-order valence-corrected chi connectivity index (χ0v) is 20.1. The predicted molar refractivity (Wildman–Crippen MR) is 129 cm³/mol. The lowest BCUT2D eigenvalue weighted by Gasteiger charge is -2.33. The minimum absolute atomic E-state index is 0.000188. The van der Waals surface area contributed by atoms with Crippen LogP contribution >= 0.6 is 0 Å². The van der Waals surface area contributed by atoms with Gasteiger partial charge in [-0.1, -0.05) is 80.5 Å². The molecule has 3 aromatic rings. The molecule has 4 rings (SSSR count). The van der Waals surface area contributed by atoms with Crippen LogP contribution in [0.3, 0.4) is 0 Å². The van der Waals surface area contributed by atoms with Gasteiger partial charge in [0.05, 0.1) is 12.5 Å². The van der Waals surface area contributed by atoms with E-state index in [1.165, 1.54) is 5.56 Å². The van der Waals surface area contributed by atoms with Gasteiger partial charge in [0.25, 0.3) is 0 Å². The van der Waals surface area contributed by atoms with E-state index in [1.54, 1.807) is 0 Å². The van der Waals surface area contributed by atoms with Crippen LogP contribution in [0.2, 0.25) is 0 Å². The average molecular weight is 447 g/mol. The summed E-state index contributed by atoms with van der Waals surface area (Å²) in [6.45, 7) is 9.45. The maximum Gasteiger partial charge on any atom is 0.241 e. The second kappa shape index (κ2) is 9.87. The van der Waals surface area contributed by atoms with Gasteiger partial charge in [0.1, 0.15) is 0 Å². The van der Waals surface area contributed by atoms with Crippen LogP contribution in [0.25, 0.3) is 11.4 Å². The van der Waals surface area contributed by atoms with Crippen LogP contribution < -0.4 is 0 Å². The van der Waals surface area contributed by atoms with Gasteiger partial charge in [-0.25, -0.2) is 0 Å². The summed E-state index contributed by atoms with van der Waals surface area (Å²) >= 11 is 0. The summed E-state index contributed by atoms with van der Waals surface area (Å²) in [7, 11) is 1.89. The zero-order chi connectivity index (χ0) is 23.4. The summed E-state index contributed by atoms with van der Waals surface area (Å²) in [6.07, 6.45) is 1.91. The van der Waals surface area contributed by atoms with Gasteiger partial charge >= 0.3 is 0 Å². The Balaban J connectivity index is 1.35. The number of likely N-dealkylation sites (tertiary alicyclic amines) is 1. The lowest BCUT2D eigenvalue weighted by atomic mass is 9.87. The fraction of sp³-hybridized carbons (Fsp3) is 0.444. The van der Waals surface area contributed by atoms with Crippen LogP contribution in [0.5, 0.6) is 0 Å². The van der Waals surface area contributed by atoms with E-state index >= 15 is 0 Å². The number of rotatable bonds is 6. The van der Waals surface area contributed by atoms with Crippen LogP contribution in [0.15, 0.2) is 59.1 Å². The topological polar surface area (TPSA) is 62.5 Å². The van der Waals surface area contributed by atoms with E-state index in [4.69, 9.17) is 4.52 Å². The van der Waals surface area contributed by atoms with Gasteiger partial charge in [0.15, 0.2) is 0 Å². The zero-order valence-electron chi connectivity index (χ0n) is 20.1. The Morgan fingerprint density at radius 1 is 1.12 bits per heavy atom. The second-order valence-corrected chi connectivity index (χ2v) is 10.1. The van der Waals surface area contributed by atoms with Crippen molar-refractivity contribution in [1.82, 2.24) is 19.9 Å². The molecule has 1 amide bonds. The van der Waals surface area contributed by atoms with E-state index < -0.39 is 0 Å². The van der Waals surface area contributed by atoms with Gasteiger partial charge < -0.3 is 9.42 Å². The van der Waals surface area contributed by atoms with E-state index in [9.17, 15) is 4.79 Å². The van der Waals surface area contributed by atoms with Crippen molar-refractivity contribution in [1.29, 1.82) is 0 Å². The molecule has 0 saturated carbocycles. The minimum Gasteiger partial charge on any atom is -0.341 e. The summed E-state index contributed by atoms with van der Waals surface area (Å²) < 4.78 is 5.54. The van der Waals surface area contributed by atoms with Crippen molar-refractivity contribution in [2.24, 2.45) is 5.92 Å². The number of piperidine rings is 1. The van der Waals surface area contributed by atoms with E-state index in [-0.39, 0.29) is 17.2 Å². The predicted octanol–water partition coefficient (Wildman–Crippen LogP) is 4.90. The molecule has 1 fully saturated rings. The highest BCUT2D eigenvalue weighted by atomic mass is 16.5. The molecule has 6 heteroatoms. The molecule has 1 atom stereocenters. The summed E-state index contributed by atoms with van der Waals surface area (Å²) in [5.41, 5.74) is 3.48. The summed E-state index contributed by atoms with van der Waals surface area (Å²) in [5, 5.41) is 4.19. The SMILES string of the molecule is CN(Cc1ccccc1)C(=O)C1CCCN(Cc2nc(-c3ccc(C(C)(C)C)cc3)no2)C1. The Morgan fingerprint density at radius 3 is 2.55 bits per heavy atom. The lowest BCUT2D eigenvalue weighted by molar-refractivity contribution is -0.136. The average Bonchev–Trinajstić information content (AvgIpc) is 3.27. The first-order chi connectivity index (χ1) is 15.8. The fourth-order valence-corrected chi connectivity index (χ4v) is 4.39. The van der Waals surface area contributed by atoms with Crippen LogP contribution in [0.1, 0.15) is 50.6 Å². The third-order valence-electron chi connectivity index (χ3n) is 6.33. The van der Waals surface area contributed by atoms with Crippen molar-refractivity contribution >= 4 is 5.91 Å². The first-order valence-electron chi connectivity index (χ1n) is 11.7. The largest absolute Gasteiger partial charge is 0.341 e. The van der Waals surface area contributed by atoms with E-state index in [0.29, 0.717) is 24.8 Å². The van der Waals surface area contributed by atoms with E-state index in [2.05, 4.69) is 60.1 Å². The maximum absolute atomic E-state index is 13.0. The van der Waals surface area contributed by atoms with Crippen molar-refractivity contribution in [3.63, 3.8) is 0 Å². The molecule has 2 aromatic carbocycles. The van der Waals surface area contributed by atoms with Crippen molar-refractivity contribution < 1.29 is 9.32 Å². The molecule has 33 heavy (non-hydrogen) atoms. The highest BCUT2D eigenvalue weighted by Crippen LogP contribution is 2.26. The molecule has 174 valence electrons. The Morgan fingerprint density at radius 2 is 1.85 bits per heavy atom. The van der Waals surface area contributed by atoms with Crippen molar-refractivity contribution in [3.05, 3.63) is 71.6 Å². The molecule has 0 bridgehead atoms. The second-order valence-electron chi connectivity index (χ2n) is 10.1. The lowest BCUT2D eigenvalue weighted by Crippen LogP contribution is -2.43. The van der Waals surface area contributed by atoms with Crippen molar-refractivity contribution in [2.45, 2.75) is 52.1 Å². The van der Waals surface area contributed by atoms with E-state index in [0.717, 1.165) is 37.1 Å². The molecule has 1 saturated heterocycles. The monoisotopic (exact) mass is 446 g/mol. The number of amides is 1.